The summed E-state index contributed by atoms with van der Waals surface area (Å²) in [6.07, 6.45) is 0. The van der Waals surface area contributed by atoms with Crippen molar-refractivity contribution in [3.63, 3.8) is 0 Å². The van der Waals surface area contributed by atoms with Gasteiger partial charge in [-0.15, -0.1) is 11.1 Å². The van der Waals surface area contributed by atoms with Crippen molar-refractivity contribution in [1.29, 1.82) is 0 Å². The van der Waals surface area contributed by atoms with Crippen LogP contribution in [0, 0.1) is 20.8 Å². The van der Waals surface area contributed by atoms with E-state index in [1.165, 1.54) is 85.3 Å². The Morgan fingerprint density at radius 1 is 0.277 bits per heavy atom. The third kappa shape index (κ3) is 5.48. The van der Waals surface area contributed by atoms with Crippen molar-refractivity contribution >= 4 is 34.0 Å². The normalized spacial score (nSPS) is 11.0. The van der Waals surface area contributed by atoms with E-state index in [0.717, 1.165) is 0 Å². The van der Waals surface area contributed by atoms with Gasteiger partial charge >= 0.3 is 0 Å². The lowest BCUT2D eigenvalue weighted by atomic mass is 10.1. The Balaban J connectivity index is 2.99. The smallest absolute Gasteiger partial charge is 0.260 e. The first-order valence-corrected chi connectivity index (χ1v) is 17.3. The van der Waals surface area contributed by atoms with E-state index in [9.17, 15) is 0 Å². The largest absolute Gasteiger partial charge is 0.493 e. The third-order valence-electron chi connectivity index (χ3n) is 8.17. The first-order chi connectivity index (χ1) is 22.5. The molecule has 47 heavy (non-hydrogen) atoms. The standard InChI is InChI=1S/C33H45ClO12Si/c1-16-19(35-4)22(38-7)25(41-10)28(44-13)31(16)47(34,32-17(2)20(36-5)23(39-8)26(42-11)29(32)45-14)33-18(3)21(37-6)24(40-9)27(43-12)30(33)46-15/h1-15H3. The highest BCUT2D eigenvalue weighted by molar-refractivity contribution is 7.41. The minimum absolute atomic E-state index is 0.262. The third-order valence-corrected chi connectivity index (χ3v) is 13.7. The molecule has 0 atom stereocenters. The molecule has 0 aromatic heterocycles. The molecule has 0 amide bonds. The molecule has 3 aromatic carbocycles. The topological polar surface area (TPSA) is 111 Å². The van der Waals surface area contributed by atoms with Gasteiger partial charge < -0.3 is 56.8 Å². The van der Waals surface area contributed by atoms with Gasteiger partial charge in [0.15, 0.2) is 34.5 Å². The Labute approximate surface area is 282 Å². The molecule has 14 heteroatoms. The Morgan fingerprint density at radius 3 is 0.574 bits per heavy atom. The molecule has 0 aliphatic carbocycles. The van der Waals surface area contributed by atoms with Crippen molar-refractivity contribution in [2.45, 2.75) is 20.8 Å². The number of hydrogen-bond donors (Lipinski definition) is 0. The van der Waals surface area contributed by atoms with Gasteiger partial charge in [-0.1, -0.05) is 0 Å². The summed E-state index contributed by atoms with van der Waals surface area (Å²) < 4.78 is 71.4. The van der Waals surface area contributed by atoms with Crippen LogP contribution in [0.5, 0.6) is 69.0 Å². The van der Waals surface area contributed by atoms with Crippen LogP contribution in [-0.4, -0.2) is 92.7 Å². The maximum Gasteiger partial charge on any atom is 0.260 e. The van der Waals surface area contributed by atoms with Crippen molar-refractivity contribution in [1.82, 2.24) is 0 Å². The summed E-state index contributed by atoms with van der Waals surface area (Å²) in [6, 6.07) is 0. The lowest BCUT2D eigenvalue weighted by Crippen LogP contribution is -2.66. The zero-order chi connectivity index (χ0) is 35.4. The molecule has 0 spiro atoms. The molecule has 12 nitrogen and oxygen atoms in total. The Hall–Kier alpha value is -4.23. The first kappa shape index (κ1) is 37.2. The van der Waals surface area contributed by atoms with Crippen molar-refractivity contribution in [3.05, 3.63) is 16.7 Å². The van der Waals surface area contributed by atoms with E-state index >= 15 is 0 Å². The van der Waals surface area contributed by atoms with Crippen molar-refractivity contribution in [3.8, 4) is 69.0 Å². The van der Waals surface area contributed by atoms with Crippen molar-refractivity contribution in [2.75, 3.05) is 85.3 Å². The fraction of sp³-hybridized carbons (Fsp3) is 0.455. The number of methoxy groups -OCH3 is 12. The van der Waals surface area contributed by atoms with Crippen LogP contribution in [0.1, 0.15) is 16.7 Å². The summed E-state index contributed by atoms with van der Waals surface area (Å²) >= 11 is 8.49. The zero-order valence-corrected chi connectivity index (χ0v) is 31.5. The summed E-state index contributed by atoms with van der Waals surface area (Å²) in [5, 5.41) is 1.59. The molecule has 3 aromatic rings. The number of benzene rings is 3. The average Bonchev–Trinajstić information content (AvgIpc) is 3.08. The highest BCUT2D eigenvalue weighted by Gasteiger charge is 2.53. The molecule has 0 saturated heterocycles. The molecule has 0 radical (unpaired) electrons. The lowest BCUT2D eigenvalue weighted by molar-refractivity contribution is 0.305. The van der Waals surface area contributed by atoms with Gasteiger partial charge in [-0.2, -0.15) is 0 Å². The molecule has 0 saturated carbocycles. The summed E-state index contributed by atoms with van der Waals surface area (Å²) in [4.78, 5) is 0. The van der Waals surface area contributed by atoms with Crippen molar-refractivity contribution < 1.29 is 56.8 Å². The van der Waals surface area contributed by atoms with Gasteiger partial charge in [0.05, 0.1) is 85.3 Å². The van der Waals surface area contributed by atoms with E-state index in [1.54, 1.807) is 0 Å². The molecule has 0 aliphatic rings. The minimum atomic E-state index is -4.15. The van der Waals surface area contributed by atoms with E-state index in [1.807, 2.05) is 20.8 Å². The Kier molecular flexibility index (Phi) is 12.0. The second kappa shape index (κ2) is 15.1. The maximum absolute atomic E-state index is 8.49. The number of hydrogen-bond acceptors (Lipinski definition) is 12. The van der Waals surface area contributed by atoms with Crippen LogP contribution in [0.25, 0.3) is 0 Å². The van der Waals surface area contributed by atoms with E-state index < -0.39 is 7.38 Å². The quantitative estimate of drug-likeness (QED) is 0.131. The molecule has 3 rings (SSSR count). The van der Waals surface area contributed by atoms with Gasteiger partial charge in [-0.3, -0.25) is 0 Å². The number of ether oxygens (including phenoxy) is 12. The van der Waals surface area contributed by atoms with Gasteiger partial charge in [0, 0.05) is 32.3 Å². The maximum atomic E-state index is 8.49. The van der Waals surface area contributed by atoms with Gasteiger partial charge in [-0.05, 0) is 20.8 Å². The molecular weight excluding hydrogens is 652 g/mol. The molecule has 0 fully saturated rings. The molecule has 0 heterocycles. The van der Waals surface area contributed by atoms with Gasteiger partial charge in [0.25, 0.3) is 7.38 Å². The predicted molar refractivity (Wildman–Crippen MR) is 183 cm³/mol. The lowest BCUT2D eigenvalue weighted by Gasteiger charge is -2.37. The van der Waals surface area contributed by atoms with Crippen LogP contribution in [0.4, 0.5) is 0 Å². The summed E-state index contributed by atoms with van der Waals surface area (Å²) in [6.45, 7) is 5.59. The summed E-state index contributed by atoms with van der Waals surface area (Å²) in [5.74, 6) is 3.80. The zero-order valence-electron chi connectivity index (χ0n) is 29.8. The second-order valence-electron chi connectivity index (χ2n) is 10.1. The first-order valence-electron chi connectivity index (χ1n) is 14.3. The van der Waals surface area contributed by atoms with Crippen LogP contribution >= 0.6 is 11.1 Å². The molecule has 0 bridgehead atoms. The molecule has 0 aliphatic heterocycles. The Morgan fingerprint density at radius 2 is 0.426 bits per heavy atom. The minimum Gasteiger partial charge on any atom is -0.493 e. The molecular formula is C33H45ClO12Si. The molecule has 0 N–H and O–H groups in total. The van der Waals surface area contributed by atoms with Crippen molar-refractivity contribution in [2.24, 2.45) is 0 Å². The SMILES string of the molecule is COc1c(C)c([Si](Cl)(c2c(C)c(OC)c(OC)c(OC)c2OC)c2c(C)c(OC)c(OC)c(OC)c2OC)c(OC)c(OC)c1OC. The summed E-state index contributed by atoms with van der Waals surface area (Å²) in [5.41, 5.74) is 1.82. The van der Waals surface area contributed by atoms with Crippen LogP contribution in [0.3, 0.4) is 0 Å². The van der Waals surface area contributed by atoms with Crippen LogP contribution < -0.4 is 72.4 Å². The molecule has 260 valence electrons. The highest BCUT2D eigenvalue weighted by Crippen LogP contribution is 2.52. The van der Waals surface area contributed by atoms with Crippen LogP contribution in [0.15, 0.2) is 0 Å². The monoisotopic (exact) mass is 696 g/mol. The second-order valence-corrected chi connectivity index (χ2v) is 14.6. The van der Waals surface area contributed by atoms with E-state index in [2.05, 4.69) is 0 Å². The predicted octanol–water partition coefficient (Wildman–Crippen LogP) is 3.92. The molecule has 0 unspecified atom stereocenters. The fourth-order valence-corrected chi connectivity index (χ4v) is 12.6. The van der Waals surface area contributed by atoms with Gasteiger partial charge in [-0.25, -0.2) is 0 Å². The highest BCUT2D eigenvalue weighted by atomic mass is 35.6. The fourth-order valence-electron chi connectivity index (χ4n) is 6.38. The van der Waals surface area contributed by atoms with E-state index in [-0.39, 0.29) is 17.2 Å². The number of halogens is 1. The summed E-state index contributed by atoms with van der Waals surface area (Å²) in [7, 11) is 14.1. The van der Waals surface area contributed by atoms with E-state index in [0.29, 0.717) is 84.0 Å². The van der Waals surface area contributed by atoms with Crippen LogP contribution in [-0.2, 0) is 0 Å². The Bertz CT molecular complexity index is 1440. The number of rotatable bonds is 15. The van der Waals surface area contributed by atoms with Gasteiger partial charge in [0.1, 0.15) is 0 Å². The van der Waals surface area contributed by atoms with Crippen LogP contribution in [0.2, 0.25) is 0 Å². The van der Waals surface area contributed by atoms with Gasteiger partial charge in [0.2, 0.25) is 34.5 Å². The van der Waals surface area contributed by atoms with E-state index in [4.69, 9.17) is 67.9 Å². The average molecular weight is 697 g/mol.